The lowest BCUT2D eigenvalue weighted by molar-refractivity contribution is -0.112. The van der Waals surface area contributed by atoms with E-state index in [1.807, 2.05) is 6.07 Å². The Balaban J connectivity index is 1.66. The van der Waals surface area contributed by atoms with Gasteiger partial charge in [0.15, 0.2) is 0 Å². The number of hydrogen-bond donors (Lipinski definition) is 2. The molecule has 170 valence electrons. The second kappa shape index (κ2) is 11.1. The van der Waals surface area contributed by atoms with Crippen molar-refractivity contribution in [3.63, 3.8) is 0 Å². The molecular weight excluding hydrogens is 436 g/mol. The topological polar surface area (TPSA) is 126 Å². The van der Waals surface area contributed by atoms with Crippen LogP contribution in [-0.2, 0) is 16.1 Å². The van der Waals surface area contributed by atoms with Crippen LogP contribution in [0, 0.1) is 11.3 Å². The van der Waals surface area contributed by atoms with Crippen molar-refractivity contribution in [2.24, 2.45) is 0 Å². The number of nitrogens with one attached hydrogen (secondary N) is 1. The SMILES string of the molecule is COC(=O)c1ccc(NC(=O)/C(C#N)=C\c2cccc(OCc3ccc(C(=O)O)cc3)c2)cc1. The summed E-state index contributed by atoms with van der Waals surface area (Å²) in [7, 11) is 1.28. The average molecular weight is 456 g/mol. The molecule has 34 heavy (non-hydrogen) atoms. The molecule has 1 amide bonds. The molecule has 2 N–H and O–H groups in total. The van der Waals surface area contributed by atoms with Crippen LogP contribution in [0.4, 0.5) is 5.69 Å². The number of aromatic carboxylic acids is 1. The molecule has 0 bridgehead atoms. The van der Waals surface area contributed by atoms with Gasteiger partial charge in [-0.2, -0.15) is 5.26 Å². The monoisotopic (exact) mass is 456 g/mol. The minimum Gasteiger partial charge on any atom is -0.489 e. The van der Waals surface area contributed by atoms with Crippen LogP contribution in [-0.4, -0.2) is 30.1 Å². The number of carboxylic acid groups (broad SMARTS) is 1. The molecule has 0 spiro atoms. The van der Waals surface area contributed by atoms with Gasteiger partial charge in [0.2, 0.25) is 0 Å². The molecule has 0 aliphatic heterocycles. The third-order valence-electron chi connectivity index (χ3n) is 4.70. The van der Waals surface area contributed by atoms with E-state index in [-0.39, 0.29) is 17.7 Å². The number of carbonyl (C=O) groups excluding carboxylic acids is 2. The number of rotatable bonds is 8. The Morgan fingerprint density at radius 3 is 2.29 bits per heavy atom. The molecule has 0 heterocycles. The van der Waals surface area contributed by atoms with Gasteiger partial charge in [0.25, 0.3) is 5.91 Å². The van der Waals surface area contributed by atoms with Crippen LogP contribution in [0.2, 0.25) is 0 Å². The van der Waals surface area contributed by atoms with E-state index in [9.17, 15) is 19.6 Å². The third-order valence-corrected chi connectivity index (χ3v) is 4.70. The fourth-order valence-electron chi connectivity index (χ4n) is 2.93. The molecule has 0 saturated carbocycles. The summed E-state index contributed by atoms with van der Waals surface area (Å²) in [5.41, 5.74) is 2.22. The highest BCUT2D eigenvalue weighted by Crippen LogP contribution is 2.19. The molecule has 8 nitrogen and oxygen atoms in total. The van der Waals surface area contributed by atoms with Crippen LogP contribution >= 0.6 is 0 Å². The quantitative estimate of drug-likeness (QED) is 0.294. The Bertz CT molecular complexity index is 1270. The van der Waals surface area contributed by atoms with E-state index in [1.165, 1.54) is 49.6 Å². The number of benzene rings is 3. The minimum atomic E-state index is -0.998. The van der Waals surface area contributed by atoms with Crippen molar-refractivity contribution in [1.82, 2.24) is 0 Å². The highest BCUT2D eigenvalue weighted by Gasteiger charge is 2.11. The van der Waals surface area contributed by atoms with Gasteiger partial charge >= 0.3 is 11.9 Å². The molecule has 0 unspecified atom stereocenters. The first-order valence-electron chi connectivity index (χ1n) is 10.1. The lowest BCUT2D eigenvalue weighted by atomic mass is 10.1. The normalized spacial score (nSPS) is 10.6. The number of methoxy groups -OCH3 is 1. The number of nitriles is 1. The van der Waals surface area contributed by atoms with E-state index in [2.05, 4.69) is 10.1 Å². The Kier molecular flexibility index (Phi) is 7.76. The van der Waals surface area contributed by atoms with Gasteiger partial charge in [-0.3, -0.25) is 4.79 Å². The van der Waals surface area contributed by atoms with Crippen LogP contribution in [0.25, 0.3) is 6.08 Å². The summed E-state index contributed by atoms with van der Waals surface area (Å²) >= 11 is 0. The number of anilines is 1. The molecule has 8 heteroatoms. The Morgan fingerprint density at radius 2 is 1.68 bits per heavy atom. The van der Waals surface area contributed by atoms with E-state index in [4.69, 9.17) is 9.84 Å². The lowest BCUT2D eigenvalue weighted by Crippen LogP contribution is -2.13. The number of carbonyl (C=O) groups is 3. The summed E-state index contributed by atoms with van der Waals surface area (Å²) in [4.78, 5) is 35.0. The van der Waals surface area contributed by atoms with Crippen LogP contribution in [0.5, 0.6) is 5.75 Å². The molecule has 0 saturated heterocycles. The summed E-state index contributed by atoms with van der Waals surface area (Å²) in [5.74, 6) is -1.57. The number of hydrogen-bond acceptors (Lipinski definition) is 6. The second-order valence-corrected chi connectivity index (χ2v) is 7.06. The van der Waals surface area contributed by atoms with Gasteiger partial charge in [-0.15, -0.1) is 0 Å². The number of carboxylic acids is 1. The lowest BCUT2D eigenvalue weighted by Gasteiger charge is -2.08. The standard InChI is InChI=1S/C26H20N2O6/c1-33-26(32)20-9-11-22(12-10-20)28-24(29)21(15-27)13-18-3-2-4-23(14-18)34-16-17-5-7-19(8-6-17)25(30)31/h2-14H,16H2,1H3,(H,28,29)(H,30,31)/b21-13-. The summed E-state index contributed by atoms with van der Waals surface area (Å²) in [6, 6.07) is 21.2. The summed E-state index contributed by atoms with van der Waals surface area (Å²) in [6.45, 7) is 0.222. The molecular formula is C26H20N2O6. The van der Waals surface area contributed by atoms with Crippen molar-refractivity contribution in [3.8, 4) is 11.8 Å². The molecule has 3 rings (SSSR count). The maximum Gasteiger partial charge on any atom is 0.337 e. The Morgan fingerprint density at radius 1 is 1.00 bits per heavy atom. The van der Waals surface area contributed by atoms with Crippen molar-refractivity contribution in [2.75, 3.05) is 12.4 Å². The van der Waals surface area contributed by atoms with E-state index in [0.29, 0.717) is 22.6 Å². The van der Waals surface area contributed by atoms with Crippen LogP contribution in [0.15, 0.2) is 78.4 Å². The number of amides is 1. The summed E-state index contributed by atoms with van der Waals surface area (Å²) in [5, 5.41) is 21.0. The summed E-state index contributed by atoms with van der Waals surface area (Å²) < 4.78 is 10.4. The van der Waals surface area contributed by atoms with Crippen LogP contribution in [0.3, 0.4) is 0 Å². The number of esters is 1. The second-order valence-electron chi connectivity index (χ2n) is 7.06. The van der Waals surface area contributed by atoms with Crippen molar-refractivity contribution in [1.29, 1.82) is 5.26 Å². The minimum absolute atomic E-state index is 0.113. The zero-order chi connectivity index (χ0) is 24.5. The fourth-order valence-corrected chi connectivity index (χ4v) is 2.93. The Labute approximate surface area is 195 Å². The molecule has 3 aromatic rings. The molecule has 0 fully saturated rings. The van der Waals surface area contributed by atoms with Gasteiger partial charge in [0.1, 0.15) is 24.0 Å². The van der Waals surface area contributed by atoms with Gasteiger partial charge in [0, 0.05) is 5.69 Å². The van der Waals surface area contributed by atoms with Crippen molar-refractivity contribution >= 4 is 29.6 Å². The predicted molar refractivity (Wildman–Crippen MR) is 124 cm³/mol. The maximum absolute atomic E-state index is 12.5. The first-order chi connectivity index (χ1) is 16.4. The molecule has 0 aliphatic rings. The van der Waals surface area contributed by atoms with Gasteiger partial charge in [-0.1, -0.05) is 24.3 Å². The van der Waals surface area contributed by atoms with Gasteiger partial charge in [-0.05, 0) is 65.7 Å². The molecule has 0 radical (unpaired) electrons. The zero-order valence-corrected chi connectivity index (χ0v) is 18.1. The maximum atomic E-state index is 12.5. The van der Waals surface area contributed by atoms with Gasteiger partial charge in [0.05, 0.1) is 18.2 Å². The average Bonchev–Trinajstić information content (AvgIpc) is 2.86. The predicted octanol–water partition coefficient (Wildman–Crippen LogP) is 4.30. The van der Waals surface area contributed by atoms with Gasteiger partial charge in [-0.25, -0.2) is 9.59 Å². The highest BCUT2D eigenvalue weighted by atomic mass is 16.5. The smallest absolute Gasteiger partial charge is 0.337 e. The number of ether oxygens (including phenoxy) is 2. The molecule has 3 aromatic carbocycles. The highest BCUT2D eigenvalue weighted by molar-refractivity contribution is 6.09. The van der Waals surface area contributed by atoms with Crippen molar-refractivity contribution in [2.45, 2.75) is 6.61 Å². The first-order valence-corrected chi connectivity index (χ1v) is 10.1. The fraction of sp³-hybridized carbons (Fsp3) is 0.0769. The van der Waals surface area contributed by atoms with Crippen molar-refractivity contribution in [3.05, 3.63) is 101 Å². The zero-order valence-electron chi connectivity index (χ0n) is 18.1. The number of nitrogens with zero attached hydrogens (tertiary/aromatic N) is 1. The largest absolute Gasteiger partial charge is 0.489 e. The first kappa shape index (κ1) is 23.8. The molecule has 0 atom stereocenters. The van der Waals surface area contributed by atoms with E-state index >= 15 is 0 Å². The Hall–Kier alpha value is -4.90. The van der Waals surface area contributed by atoms with E-state index in [1.54, 1.807) is 36.4 Å². The van der Waals surface area contributed by atoms with E-state index in [0.717, 1.165) is 5.56 Å². The molecule has 0 aliphatic carbocycles. The van der Waals surface area contributed by atoms with E-state index < -0.39 is 17.8 Å². The van der Waals surface area contributed by atoms with Gasteiger partial charge < -0.3 is 19.9 Å². The third kappa shape index (κ3) is 6.31. The van der Waals surface area contributed by atoms with Crippen LogP contribution in [0.1, 0.15) is 31.8 Å². The molecule has 0 aromatic heterocycles. The summed E-state index contributed by atoms with van der Waals surface area (Å²) in [6.07, 6.45) is 1.44. The van der Waals surface area contributed by atoms with Crippen LogP contribution < -0.4 is 10.1 Å². The van der Waals surface area contributed by atoms with Crippen molar-refractivity contribution < 1.29 is 29.0 Å².